The highest BCUT2D eigenvalue weighted by molar-refractivity contribution is 5.60. The van der Waals surface area contributed by atoms with Gasteiger partial charge >= 0.3 is 0 Å². The van der Waals surface area contributed by atoms with Gasteiger partial charge in [-0.25, -0.2) is 0 Å². The smallest absolute Gasteiger partial charge is 0.138 e. The molecule has 0 unspecified atom stereocenters. The summed E-state index contributed by atoms with van der Waals surface area (Å²) >= 11 is 0. The van der Waals surface area contributed by atoms with Crippen LogP contribution in [0.5, 0.6) is 5.75 Å². The van der Waals surface area contributed by atoms with Crippen molar-refractivity contribution in [1.82, 2.24) is 4.98 Å². The molecule has 0 saturated heterocycles. The molecule has 0 bridgehead atoms. The second-order valence-electron chi connectivity index (χ2n) is 4.23. The summed E-state index contributed by atoms with van der Waals surface area (Å²) in [4.78, 5) is 4.27. The fourth-order valence-corrected chi connectivity index (χ4v) is 1.68. The molecule has 0 aliphatic carbocycles. The van der Waals surface area contributed by atoms with Gasteiger partial charge in [0.1, 0.15) is 12.4 Å². The average molecular weight is 255 g/mol. The van der Waals surface area contributed by atoms with Gasteiger partial charge in [-0.15, -0.1) is 0 Å². The third-order valence-electron chi connectivity index (χ3n) is 2.76. The Bertz CT molecular complexity index is 520. The van der Waals surface area contributed by atoms with Crippen molar-refractivity contribution in [3.8, 4) is 5.75 Å². The fourth-order valence-electron chi connectivity index (χ4n) is 1.68. The van der Waals surface area contributed by atoms with Crippen LogP contribution in [0, 0.1) is 0 Å². The molecule has 0 saturated carbocycles. The zero-order valence-corrected chi connectivity index (χ0v) is 10.7. The van der Waals surface area contributed by atoms with Crippen LogP contribution in [0.3, 0.4) is 0 Å². The Morgan fingerprint density at radius 2 is 1.95 bits per heavy atom. The molecule has 2 rings (SSSR count). The van der Waals surface area contributed by atoms with Crippen LogP contribution in [0.1, 0.15) is 17.7 Å². The van der Waals surface area contributed by atoms with E-state index < -0.39 is 0 Å². The number of rotatable bonds is 6. The molecule has 0 aliphatic heterocycles. The molecular formula is C16H17NO2. The Balaban J connectivity index is 1.94. The van der Waals surface area contributed by atoms with Gasteiger partial charge in [0.05, 0.1) is 11.9 Å². The molecule has 0 atom stereocenters. The van der Waals surface area contributed by atoms with Crippen molar-refractivity contribution in [3.05, 3.63) is 66.5 Å². The molecule has 1 heterocycles. The third-order valence-corrected chi connectivity index (χ3v) is 2.76. The first kappa shape index (κ1) is 13.3. The topological polar surface area (TPSA) is 42.4 Å². The Kier molecular flexibility index (Phi) is 4.70. The summed E-state index contributed by atoms with van der Waals surface area (Å²) in [6, 6.07) is 13.7. The van der Waals surface area contributed by atoms with Crippen LogP contribution in [-0.2, 0) is 6.61 Å². The SMILES string of the molecule is C=C(CCO)c1ccc(OCc2ccccc2)cn1. The van der Waals surface area contributed by atoms with E-state index in [1.807, 2.05) is 42.5 Å². The van der Waals surface area contributed by atoms with Crippen LogP contribution in [-0.4, -0.2) is 16.7 Å². The molecule has 0 radical (unpaired) electrons. The molecule has 98 valence electrons. The molecule has 0 spiro atoms. The fraction of sp³-hybridized carbons (Fsp3) is 0.188. The van der Waals surface area contributed by atoms with E-state index >= 15 is 0 Å². The minimum Gasteiger partial charge on any atom is -0.487 e. The molecule has 19 heavy (non-hydrogen) atoms. The summed E-state index contributed by atoms with van der Waals surface area (Å²) in [5.41, 5.74) is 2.74. The van der Waals surface area contributed by atoms with Crippen molar-refractivity contribution >= 4 is 5.57 Å². The summed E-state index contributed by atoms with van der Waals surface area (Å²) in [5, 5.41) is 8.85. The molecule has 0 fully saturated rings. The van der Waals surface area contributed by atoms with Crippen LogP contribution < -0.4 is 4.74 Å². The second-order valence-corrected chi connectivity index (χ2v) is 4.23. The van der Waals surface area contributed by atoms with Crippen molar-refractivity contribution in [2.24, 2.45) is 0 Å². The van der Waals surface area contributed by atoms with Crippen LogP contribution in [0.4, 0.5) is 0 Å². The standard InChI is InChI=1S/C16H17NO2/c1-13(9-10-18)16-8-7-15(11-17-16)19-12-14-5-3-2-4-6-14/h2-8,11,18H,1,9-10,12H2. The Morgan fingerprint density at radius 3 is 2.58 bits per heavy atom. The van der Waals surface area contributed by atoms with Gasteiger partial charge in [-0.3, -0.25) is 4.98 Å². The van der Waals surface area contributed by atoms with E-state index in [-0.39, 0.29) is 6.61 Å². The number of hydrogen-bond acceptors (Lipinski definition) is 3. The molecular weight excluding hydrogens is 238 g/mol. The number of aliphatic hydroxyl groups is 1. The van der Waals surface area contributed by atoms with E-state index in [9.17, 15) is 0 Å². The molecule has 1 aromatic carbocycles. The first-order valence-corrected chi connectivity index (χ1v) is 6.21. The number of hydrogen-bond donors (Lipinski definition) is 1. The van der Waals surface area contributed by atoms with Crippen LogP contribution in [0.25, 0.3) is 5.57 Å². The lowest BCUT2D eigenvalue weighted by Gasteiger charge is -2.07. The van der Waals surface area contributed by atoms with Crippen molar-refractivity contribution in [1.29, 1.82) is 0 Å². The maximum Gasteiger partial charge on any atom is 0.138 e. The third kappa shape index (κ3) is 3.93. The molecule has 0 aliphatic rings. The number of aliphatic hydroxyl groups excluding tert-OH is 1. The van der Waals surface area contributed by atoms with Crippen molar-refractivity contribution in [3.63, 3.8) is 0 Å². The number of pyridine rings is 1. The zero-order chi connectivity index (χ0) is 13.5. The number of ether oxygens (including phenoxy) is 1. The molecule has 1 N–H and O–H groups in total. The Hall–Kier alpha value is -2.13. The lowest BCUT2D eigenvalue weighted by Crippen LogP contribution is -1.97. The van der Waals surface area contributed by atoms with E-state index in [1.165, 1.54) is 0 Å². The van der Waals surface area contributed by atoms with Gasteiger partial charge in [0.15, 0.2) is 0 Å². The van der Waals surface area contributed by atoms with Gasteiger partial charge in [0.2, 0.25) is 0 Å². The quantitative estimate of drug-likeness (QED) is 0.862. The summed E-state index contributed by atoms with van der Waals surface area (Å²) in [7, 11) is 0. The number of benzene rings is 1. The normalized spacial score (nSPS) is 10.2. The summed E-state index contributed by atoms with van der Waals surface area (Å²) in [6.07, 6.45) is 2.22. The minimum atomic E-state index is 0.0901. The van der Waals surface area contributed by atoms with E-state index in [2.05, 4.69) is 11.6 Å². The van der Waals surface area contributed by atoms with Gasteiger partial charge in [-0.05, 0) is 29.7 Å². The van der Waals surface area contributed by atoms with Crippen LogP contribution >= 0.6 is 0 Å². The molecule has 3 heteroatoms. The summed E-state index contributed by atoms with van der Waals surface area (Å²) in [6.45, 7) is 4.49. The largest absolute Gasteiger partial charge is 0.487 e. The lowest BCUT2D eigenvalue weighted by molar-refractivity contribution is 0.304. The molecule has 0 amide bonds. The van der Waals surface area contributed by atoms with E-state index in [0.29, 0.717) is 13.0 Å². The van der Waals surface area contributed by atoms with Crippen molar-refractivity contribution < 1.29 is 9.84 Å². The number of aromatic nitrogens is 1. The minimum absolute atomic E-state index is 0.0901. The highest BCUT2D eigenvalue weighted by Gasteiger charge is 2.01. The maximum atomic E-state index is 8.85. The molecule has 2 aromatic rings. The predicted octanol–water partition coefficient (Wildman–Crippen LogP) is 3.06. The monoisotopic (exact) mass is 255 g/mol. The number of nitrogens with zero attached hydrogens (tertiary/aromatic N) is 1. The summed E-state index contributed by atoms with van der Waals surface area (Å²) in [5.74, 6) is 0.726. The first-order valence-electron chi connectivity index (χ1n) is 6.21. The highest BCUT2D eigenvalue weighted by atomic mass is 16.5. The second kappa shape index (κ2) is 6.71. The average Bonchev–Trinajstić information content (AvgIpc) is 2.47. The summed E-state index contributed by atoms with van der Waals surface area (Å²) < 4.78 is 5.65. The Morgan fingerprint density at radius 1 is 1.16 bits per heavy atom. The van der Waals surface area contributed by atoms with Crippen LogP contribution in [0.15, 0.2) is 55.2 Å². The molecule has 3 nitrogen and oxygen atoms in total. The van der Waals surface area contributed by atoms with Crippen molar-refractivity contribution in [2.45, 2.75) is 13.0 Å². The first-order chi connectivity index (χ1) is 9.29. The lowest BCUT2D eigenvalue weighted by atomic mass is 10.1. The predicted molar refractivity (Wildman–Crippen MR) is 75.7 cm³/mol. The molecule has 1 aromatic heterocycles. The van der Waals surface area contributed by atoms with Crippen LogP contribution in [0.2, 0.25) is 0 Å². The van der Waals surface area contributed by atoms with Crippen molar-refractivity contribution in [2.75, 3.05) is 6.61 Å². The van der Waals surface area contributed by atoms with Gasteiger partial charge < -0.3 is 9.84 Å². The van der Waals surface area contributed by atoms with E-state index in [4.69, 9.17) is 9.84 Å². The van der Waals surface area contributed by atoms with Gasteiger partial charge in [-0.2, -0.15) is 0 Å². The van der Waals surface area contributed by atoms with E-state index in [0.717, 1.165) is 22.6 Å². The highest BCUT2D eigenvalue weighted by Crippen LogP contribution is 2.17. The van der Waals surface area contributed by atoms with E-state index in [1.54, 1.807) is 6.20 Å². The maximum absolute atomic E-state index is 8.85. The van der Waals surface area contributed by atoms with Gasteiger partial charge in [0.25, 0.3) is 0 Å². The zero-order valence-electron chi connectivity index (χ0n) is 10.7. The Labute approximate surface area is 113 Å². The van der Waals surface area contributed by atoms with Gasteiger partial charge in [-0.1, -0.05) is 36.9 Å². The van der Waals surface area contributed by atoms with Gasteiger partial charge in [0, 0.05) is 6.61 Å².